The second-order valence-corrected chi connectivity index (χ2v) is 12.1. The number of morpholine rings is 1. The average Bonchev–Trinajstić information content (AvgIpc) is 3.75. The number of nitrogens with one attached hydrogen (secondary N) is 2. The highest BCUT2D eigenvalue weighted by atomic mass is 19.4. The molecule has 1 saturated heterocycles. The Labute approximate surface area is 286 Å². The summed E-state index contributed by atoms with van der Waals surface area (Å²) in [6.07, 6.45) is -1.80. The molecular formula is C35H37F3N8O4. The van der Waals surface area contributed by atoms with Gasteiger partial charge in [0, 0.05) is 56.0 Å². The molecule has 4 aromatic rings. The van der Waals surface area contributed by atoms with Gasteiger partial charge in [0.25, 0.3) is 11.8 Å². The van der Waals surface area contributed by atoms with Crippen molar-refractivity contribution >= 4 is 23.5 Å². The molecule has 0 unspecified atom stereocenters. The zero-order valence-corrected chi connectivity index (χ0v) is 27.4. The van der Waals surface area contributed by atoms with Crippen LogP contribution in [0.1, 0.15) is 40.0 Å². The summed E-state index contributed by atoms with van der Waals surface area (Å²) in [6.45, 7) is 7.93. The summed E-state index contributed by atoms with van der Waals surface area (Å²) in [7, 11) is 0. The predicted molar refractivity (Wildman–Crippen MR) is 178 cm³/mol. The van der Waals surface area contributed by atoms with Gasteiger partial charge in [-0.3, -0.25) is 28.9 Å². The van der Waals surface area contributed by atoms with E-state index in [9.17, 15) is 27.6 Å². The van der Waals surface area contributed by atoms with Crippen LogP contribution in [0.2, 0.25) is 0 Å². The third-order valence-electron chi connectivity index (χ3n) is 8.65. The number of likely N-dealkylation sites (N-methyl/N-ethyl adjacent to an activating group) is 1. The van der Waals surface area contributed by atoms with E-state index in [0.717, 1.165) is 30.5 Å². The number of amides is 3. The first-order valence-electron chi connectivity index (χ1n) is 16.2. The maximum Gasteiger partial charge on any atom is 0.408 e. The number of ether oxygens (including phenoxy) is 1. The molecule has 0 bridgehead atoms. The van der Waals surface area contributed by atoms with Crippen LogP contribution in [0.25, 0.3) is 5.69 Å². The molecule has 15 heteroatoms. The van der Waals surface area contributed by atoms with Crippen molar-refractivity contribution in [2.45, 2.75) is 38.1 Å². The van der Waals surface area contributed by atoms with Gasteiger partial charge in [-0.15, -0.1) is 0 Å². The van der Waals surface area contributed by atoms with Gasteiger partial charge in [-0.2, -0.15) is 23.4 Å². The zero-order valence-electron chi connectivity index (χ0n) is 27.4. The molecule has 0 saturated carbocycles. The maximum atomic E-state index is 14.3. The third-order valence-corrected chi connectivity index (χ3v) is 8.65. The monoisotopic (exact) mass is 690 g/mol. The summed E-state index contributed by atoms with van der Waals surface area (Å²) in [5, 5.41) is 14.1. The number of carbonyl (C=O) groups excluding carboxylic acids is 3. The number of benzene rings is 2. The number of anilines is 1. The molecule has 2 aromatic heterocycles. The number of carbonyl (C=O) groups is 3. The van der Waals surface area contributed by atoms with Gasteiger partial charge in [0.2, 0.25) is 5.91 Å². The van der Waals surface area contributed by atoms with E-state index in [0.29, 0.717) is 47.0 Å². The minimum Gasteiger partial charge on any atom is -0.379 e. The van der Waals surface area contributed by atoms with E-state index in [4.69, 9.17) is 4.74 Å². The quantitative estimate of drug-likeness (QED) is 0.231. The molecule has 2 aromatic carbocycles. The molecule has 2 aliphatic rings. The minimum absolute atomic E-state index is 0.181. The van der Waals surface area contributed by atoms with Crippen molar-refractivity contribution in [1.82, 2.24) is 35.1 Å². The van der Waals surface area contributed by atoms with Crippen LogP contribution in [0.3, 0.4) is 0 Å². The first kappa shape index (κ1) is 34.6. The summed E-state index contributed by atoms with van der Waals surface area (Å²) in [5.41, 5.74) is 2.96. The van der Waals surface area contributed by atoms with Gasteiger partial charge in [0.1, 0.15) is 24.1 Å². The summed E-state index contributed by atoms with van der Waals surface area (Å²) >= 11 is 0. The first-order chi connectivity index (χ1) is 24.0. The molecule has 1 fully saturated rings. The number of para-hydroxylation sites is 1. The largest absolute Gasteiger partial charge is 0.408 e. The number of fused-ring (bicyclic) bond motifs is 1. The Balaban J connectivity index is 1.31. The molecule has 0 spiro atoms. The number of nitrogens with zero attached hydrogens (tertiary/aromatic N) is 6. The van der Waals surface area contributed by atoms with Crippen molar-refractivity contribution in [3.05, 3.63) is 108 Å². The Hall–Kier alpha value is -5.28. The number of hydrogen-bond donors (Lipinski definition) is 2. The van der Waals surface area contributed by atoms with E-state index < -0.39 is 36.5 Å². The fraction of sp³-hybridized carbons (Fsp3) is 0.343. The van der Waals surface area contributed by atoms with Gasteiger partial charge in [0.15, 0.2) is 0 Å². The highest BCUT2D eigenvalue weighted by Crippen LogP contribution is 2.41. The van der Waals surface area contributed by atoms with E-state index >= 15 is 0 Å². The second-order valence-electron chi connectivity index (χ2n) is 12.1. The van der Waals surface area contributed by atoms with Crippen LogP contribution in [0.15, 0.2) is 85.2 Å². The molecule has 2 atom stereocenters. The molecule has 0 aliphatic carbocycles. The van der Waals surface area contributed by atoms with Gasteiger partial charge in [0.05, 0.1) is 25.1 Å². The third kappa shape index (κ3) is 7.63. The fourth-order valence-corrected chi connectivity index (χ4v) is 6.29. The molecular weight excluding hydrogens is 653 g/mol. The van der Waals surface area contributed by atoms with Crippen molar-refractivity contribution in [3.63, 3.8) is 0 Å². The fourth-order valence-electron chi connectivity index (χ4n) is 6.29. The summed E-state index contributed by atoms with van der Waals surface area (Å²) in [4.78, 5) is 44.3. The van der Waals surface area contributed by atoms with E-state index in [1.807, 2.05) is 48.5 Å². The molecule has 4 heterocycles. The Morgan fingerprint density at radius 1 is 1.06 bits per heavy atom. The van der Waals surface area contributed by atoms with Crippen molar-refractivity contribution in [2.75, 3.05) is 44.3 Å². The van der Waals surface area contributed by atoms with E-state index in [1.165, 1.54) is 11.0 Å². The molecule has 6 rings (SSSR count). The Morgan fingerprint density at radius 3 is 2.54 bits per heavy atom. The Kier molecular flexibility index (Phi) is 10.2. The van der Waals surface area contributed by atoms with Gasteiger partial charge < -0.3 is 15.4 Å². The van der Waals surface area contributed by atoms with Gasteiger partial charge in [-0.25, -0.2) is 4.68 Å². The van der Waals surface area contributed by atoms with Crippen LogP contribution in [0.5, 0.6) is 0 Å². The molecule has 0 radical (unpaired) electrons. The van der Waals surface area contributed by atoms with Crippen LogP contribution in [-0.2, 0) is 27.4 Å². The number of aromatic nitrogens is 4. The lowest BCUT2D eigenvalue weighted by atomic mass is 9.82. The average molecular weight is 691 g/mol. The molecule has 262 valence electrons. The smallest absolute Gasteiger partial charge is 0.379 e. The molecule has 12 nitrogen and oxygen atoms in total. The molecule has 50 heavy (non-hydrogen) atoms. The molecule has 2 aliphatic heterocycles. The van der Waals surface area contributed by atoms with Crippen LogP contribution >= 0.6 is 0 Å². The second kappa shape index (κ2) is 14.7. The number of alkyl halides is 3. The van der Waals surface area contributed by atoms with E-state index in [2.05, 4.69) is 32.3 Å². The van der Waals surface area contributed by atoms with Crippen LogP contribution < -0.4 is 15.5 Å². The van der Waals surface area contributed by atoms with Crippen LogP contribution in [0, 0.1) is 0 Å². The van der Waals surface area contributed by atoms with Crippen molar-refractivity contribution in [3.8, 4) is 5.69 Å². The Morgan fingerprint density at radius 2 is 1.82 bits per heavy atom. The number of halogens is 3. The highest BCUT2D eigenvalue weighted by molar-refractivity contribution is 6.04. The topological polar surface area (TPSA) is 127 Å². The highest BCUT2D eigenvalue weighted by Gasteiger charge is 2.44. The van der Waals surface area contributed by atoms with E-state index in [-0.39, 0.29) is 24.7 Å². The van der Waals surface area contributed by atoms with Gasteiger partial charge >= 0.3 is 6.18 Å². The maximum absolute atomic E-state index is 14.3. The lowest BCUT2D eigenvalue weighted by molar-refractivity contribution is -0.142. The SMILES string of the molecule is C=C(CN1CCOCC1)C(=O)NCc1cccc([C@@H]2c3cnn(-c4ccccc4)c3N(CC)C(=O)[C@H]2NC(=O)c2ccn(CC(F)(F)F)n2)c1. The number of hydrogen-bond acceptors (Lipinski definition) is 7. The van der Waals surface area contributed by atoms with Gasteiger partial charge in [-0.1, -0.05) is 49.0 Å². The normalized spacial score (nSPS) is 18.1. The first-order valence-corrected chi connectivity index (χ1v) is 16.2. The molecule has 2 N–H and O–H groups in total. The van der Waals surface area contributed by atoms with Crippen molar-refractivity contribution in [1.29, 1.82) is 0 Å². The number of rotatable bonds is 11. The lowest BCUT2D eigenvalue weighted by Gasteiger charge is -2.38. The summed E-state index contributed by atoms with van der Waals surface area (Å²) < 4.78 is 46.6. The van der Waals surface area contributed by atoms with E-state index in [1.54, 1.807) is 23.9 Å². The zero-order chi connectivity index (χ0) is 35.4. The standard InChI is InChI=1S/C35H37F3N8O4/c1-3-45-33-27(20-40-46(33)26-10-5-4-6-11-26)29(30(34(45)49)41-32(48)28-12-13-44(42-28)22-35(36,37)38)25-9-7-8-24(18-25)19-39-31(47)23(2)21-43-14-16-50-17-15-43/h4-13,18,20,29-30H,2-3,14-17,19,21-22H2,1H3,(H,39,47)(H,41,48)/t29-,30+/m1/s1. The lowest BCUT2D eigenvalue weighted by Crippen LogP contribution is -2.55. The van der Waals surface area contributed by atoms with Crippen molar-refractivity contribution < 1.29 is 32.3 Å². The summed E-state index contributed by atoms with van der Waals surface area (Å²) in [6, 6.07) is 16.6. The van der Waals surface area contributed by atoms with Gasteiger partial charge in [-0.05, 0) is 36.2 Å². The van der Waals surface area contributed by atoms with Crippen molar-refractivity contribution in [2.24, 2.45) is 0 Å². The van der Waals surface area contributed by atoms with Crippen LogP contribution in [-0.4, -0.2) is 93.8 Å². The minimum atomic E-state index is -4.53. The van der Waals surface area contributed by atoms with Crippen LogP contribution in [0.4, 0.5) is 19.0 Å². The predicted octanol–water partition coefficient (Wildman–Crippen LogP) is 3.43. The Bertz CT molecular complexity index is 1870. The summed E-state index contributed by atoms with van der Waals surface area (Å²) in [5.74, 6) is -1.72. The molecule has 3 amide bonds.